The van der Waals surface area contributed by atoms with Crippen molar-refractivity contribution < 1.29 is 19.1 Å². The average Bonchev–Trinajstić information content (AvgIpc) is 3.03. The van der Waals surface area contributed by atoms with Gasteiger partial charge in [-0.25, -0.2) is 0 Å². The predicted octanol–water partition coefficient (Wildman–Crippen LogP) is 0.672. The number of ether oxygens (including phenoxy) is 2. The SMILES string of the molecule is COCC(=O)N1C[C@@H](C(=O)Nc2cccnc2)C[C@H]2OCC[C@H]21. The second kappa shape index (κ2) is 7.06. The first-order chi connectivity index (χ1) is 11.2. The quantitative estimate of drug-likeness (QED) is 0.882. The van der Waals surface area contributed by atoms with Crippen LogP contribution in [0.15, 0.2) is 24.5 Å². The number of hydrogen-bond donors (Lipinski definition) is 1. The number of pyridine rings is 1. The summed E-state index contributed by atoms with van der Waals surface area (Å²) in [5, 5.41) is 2.86. The van der Waals surface area contributed by atoms with Crippen molar-refractivity contribution in [3.8, 4) is 0 Å². The van der Waals surface area contributed by atoms with E-state index in [2.05, 4.69) is 10.3 Å². The zero-order valence-corrected chi connectivity index (χ0v) is 13.1. The molecular formula is C16H21N3O4. The van der Waals surface area contributed by atoms with Crippen LogP contribution in [0.25, 0.3) is 0 Å². The summed E-state index contributed by atoms with van der Waals surface area (Å²) in [6.45, 7) is 1.06. The third kappa shape index (κ3) is 3.51. The molecule has 2 aliphatic rings. The number of rotatable bonds is 4. The highest BCUT2D eigenvalue weighted by Gasteiger charge is 2.44. The molecule has 1 aromatic rings. The minimum atomic E-state index is -0.296. The van der Waals surface area contributed by atoms with E-state index in [0.717, 1.165) is 6.42 Å². The van der Waals surface area contributed by atoms with Crippen LogP contribution in [-0.4, -0.2) is 60.7 Å². The monoisotopic (exact) mass is 319 g/mol. The zero-order valence-electron chi connectivity index (χ0n) is 13.1. The highest BCUT2D eigenvalue weighted by Crippen LogP contribution is 2.32. The van der Waals surface area contributed by atoms with Crippen LogP contribution in [0.5, 0.6) is 0 Å². The Morgan fingerprint density at radius 1 is 1.52 bits per heavy atom. The smallest absolute Gasteiger partial charge is 0.248 e. The Hall–Kier alpha value is -1.99. The second-order valence-electron chi connectivity index (χ2n) is 5.91. The molecule has 2 amide bonds. The lowest BCUT2D eigenvalue weighted by Gasteiger charge is -2.40. The number of nitrogens with zero attached hydrogens (tertiary/aromatic N) is 2. The van der Waals surface area contributed by atoms with Gasteiger partial charge in [-0.15, -0.1) is 0 Å². The maximum Gasteiger partial charge on any atom is 0.248 e. The van der Waals surface area contributed by atoms with Crippen molar-refractivity contribution in [2.24, 2.45) is 5.92 Å². The van der Waals surface area contributed by atoms with Crippen molar-refractivity contribution in [1.82, 2.24) is 9.88 Å². The van der Waals surface area contributed by atoms with E-state index in [4.69, 9.17) is 9.47 Å². The molecule has 3 rings (SSSR count). The third-order valence-electron chi connectivity index (χ3n) is 4.40. The number of carbonyl (C=O) groups excluding carboxylic acids is 2. The fourth-order valence-corrected chi connectivity index (χ4v) is 3.31. The highest BCUT2D eigenvalue weighted by molar-refractivity contribution is 5.93. The van der Waals surface area contributed by atoms with Crippen molar-refractivity contribution in [2.45, 2.75) is 25.0 Å². The molecule has 3 atom stereocenters. The van der Waals surface area contributed by atoms with Crippen LogP contribution in [0.4, 0.5) is 5.69 Å². The molecule has 0 spiro atoms. The van der Waals surface area contributed by atoms with Gasteiger partial charge in [0.1, 0.15) is 6.61 Å². The van der Waals surface area contributed by atoms with Crippen molar-refractivity contribution >= 4 is 17.5 Å². The van der Waals surface area contributed by atoms with Crippen LogP contribution in [0.2, 0.25) is 0 Å². The van der Waals surface area contributed by atoms with E-state index in [1.165, 1.54) is 7.11 Å². The Morgan fingerprint density at radius 3 is 3.13 bits per heavy atom. The summed E-state index contributed by atoms with van der Waals surface area (Å²) < 4.78 is 10.7. The number of nitrogens with one attached hydrogen (secondary N) is 1. The number of methoxy groups -OCH3 is 1. The van der Waals surface area contributed by atoms with Gasteiger partial charge in [-0.05, 0) is 25.0 Å². The van der Waals surface area contributed by atoms with E-state index in [1.807, 2.05) is 0 Å². The van der Waals surface area contributed by atoms with Crippen LogP contribution >= 0.6 is 0 Å². The van der Waals surface area contributed by atoms with Gasteiger partial charge in [-0.3, -0.25) is 14.6 Å². The van der Waals surface area contributed by atoms with Crippen LogP contribution in [0, 0.1) is 5.92 Å². The Balaban J connectivity index is 1.70. The lowest BCUT2D eigenvalue weighted by atomic mass is 9.89. The molecular weight excluding hydrogens is 298 g/mol. The molecule has 0 aliphatic carbocycles. The largest absolute Gasteiger partial charge is 0.376 e. The molecule has 0 unspecified atom stereocenters. The minimum absolute atomic E-state index is 0.0279. The number of carbonyl (C=O) groups is 2. The Morgan fingerprint density at radius 2 is 2.39 bits per heavy atom. The van der Waals surface area contributed by atoms with E-state index >= 15 is 0 Å². The molecule has 2 aliphatic heterocycles. The van der Waals surface area contributed by atoms with Crippen LogP contribution < -0.4 is 5.32 Å². The number of anilines is 1. The molecule has 3 heterocycles. The number of aromatic nitrogens is 1. The van der Waals surface area contributed by atoms with Crippen LogP contribution in [0.1, 0.15) is 12.8 Å². The van der Waals surface area contributed by atoms with Gasteiger partial charge in [0, 0.05) is 26.5 Å². The van der Waals surface area contributed by atoms with Gasteiger partial charge < -0.3 is 19.7 Å². The first-order valence-electron chi connectivity index (χ1n) is 7.80. The normalized spacial score (nSPS) is 26.7. The Bertz CT molecular complexity index is 566. The lowest BCUT2D eigenvalue weighted by Crippen LogP contribution is -2.55. The van der Waals surface area contributed by atoms with Crippen molar-refractivity contribution in [1.29, 1.82) is 0 Å². The number of hydrogen-bond acceptors (Lipinski definition) is 5. The molecule has 2 saturated heterocycles. The predicted molar refractivity (Wildman–Crippen MR) is 82.7 cm³/mol. The highest BCUT2D eigenvalue weighted by atomic mass is 16.5. The van der Waals surface area contributed by atoms with Gasteiger partial charge in [-0.1, -0.05) is 0 Å². The van der Waals surface area contributed by atoms with E-state index in [1.54, 1.807) is 29.4 Å². The lowest BCUT2D eigenvalue weighted by molar-refractivity contribution is -0.144. The molecule has 2 fully saturated rings. The number of likely N-dealkylation sites (tertiary alicyclic amines) is 1. The third-order valence-corrected chi connectivity index (χ3v) is 4.40. The van der Waals surface area contributed by atoms with E-state index in [9.17, 15) is 9.59 Å². The summed E-state index contributed by atoms with van der Waals surface area (Å²) in [5.74, 6) is -0.496. The molecule has 1 N–H and O–H groups in total. The second-order valence-corrected chi connectivity index (χ2v) is 5.91. The average molecular weight is 319 g/mol. The molecule has 0 saturated carbocycles. The summed E-state index contributed by atoms with van der Waals surface area (Å²) in [6.07, 6.45) is 4.63. The minimum Gasteiger partial charge on any atom is -0.376 e. The fraction of sp³-hybridized carbons (Fsp3) is 0.562. The standard InChI is InChI=1S/C16H21N3O4/c1-22-10-15(20)19-9-11(7-14-13(19)4-6-23-14)16(21)18-12-3-2-5-17-8-12/h2-3,5,8,11,13-14H,4,6-7,9-10H2,1H3,(H,18,21)/t11-,13+,14+/m0/s1. The molecule has 7 heteroatoms. The summed E-state index contributed by atoms with van der Waals surface area (Å²) >= 11 is 0. The van der Waals surface area contributed by atoms with Gasteiger partial charge in [0.15, 0.2) is 0 Å². The van der Waals surface area contributed by atoms with Crippen molar-refractivity contribution in [2.75, 3.05) is 32.2 Å². The first-order valence-corrected chi connectivity index (χ1v) is 7.80. The van der Waals surface area contributed by atoms with Crippen molar-refractivity contribution in [3.63, 3.8) is 0 Å². The molecule has 0 bridgehead atoms. The van der Waals surface area contributed by atoms with E-state index in [0.29, 0.717) is 25.3 Å². The molecule has 23 heavy (non-hydrogen) atoms. The summed E-state index contributed by atoms with van der Waals surface area (Å²) in [5.41, 5.74) is 0.654. The summed E-state index contributed by atoms with van der Waals surface area (Å²) in [6, 6.07) is 3.61. The molecule has 124 valence electrons. The first kappa shape index (κ1) is 15.9. The summed E-state index contributed by atoms with van der Waals surface area (Å²) in [4.78, 5) is 30.5. The van der Waals surface area contributed by atoms with Gasteiger partial charge >= 0.3 is 0 Å². The fourth-order valence-electron chi connectivity index (χ4n) is 3.31. The van der Waals surface area contributed by atoms with E-state index < -0.39 is 0 Å². The summed E-state index contributed by atoms with van der Waals surface area (Å²) in [7, 11) is 1.50. The van der Waals surface area contributed by atoms with Crippen LogP contribution in [-0.2, 0) is 19.1 Å². The molecule has 1 aromatic heterocycles. The van der Waals surface area contributed by atoms with Gasteiger partial charge in [-0.2, -0.15) is 0 Å². The number of fused-ring (bicyclic) bond motifs is 1. The number of piperidine rings is 1. The Labute approximate surface area is 135 Å². The van der Waals surface area contributed by atoms with Gasteiger partial charge in [0.05, 0.1) is 29.9 Å². The van der Waals surface area contributed by atoms with Gasteiger partial charge in [0.2, 0.25) is 11.8 Å². The van der Waals surface area contributed by atoms with Gasteiger partial charge in [0.25, 0.3) is 0 Å². The zero-order chi connectivity index (χ0) is 16.2. The topological polar surface area (TPSA) is 80.8 Å². The molecule has 0 radical (unpaired) electrons. The molecule has 0 aromatic carbocycles. The maximum atomic E-state index is 12.5. The van der Waals surface area contributed by atoms with E-state index in [-0.39, 0.29) is 36.5 Å². The maximum absolute atomic E-state index is 12.5. The van der Waals surface area contributed by atoms with Crippen LogP contribution in [0.3, 0.4) is 0 Å². The number of amides is 2. The Kier molecular flexibility index (Phi) is 4.88. The molecule has 7 nitrogen and oxygen atoms in total. The van der Waals surface area contributed by atoms with Crippen molar-refractivity contribution in [3.05, 3.63) is 24.5 Å².